The molecule has 0 aliphatic carbocycles. The molecule has 3 N–H and O–H groups in total. The smallest absolute Gasteiger partial charge is 0.369 e. The van der Waals surface area contributed by atoms with Gasteiger partial charge >= 0.3 is 12.4 Å². The normalized spacial score (nSPS) is 12.3. The van der Waals surface area contributed by atoms with Gasteiger partial charge in [0.1, 0.15) is 5.82 Å². The van der Waals surface area contributed by atoms with Gasteiger partial charge < -0.3 is 10.7 Å². The Bertz CT molecular complexity index is 937. The largest absolute Gasteiger partial charge is 0.433 e. The number of rotatable bonds is 4. The number of benzene rings is 1. The van der Waals surface area contributed by atoms with Crippen LogP contribution in [-0.2, 0) is 30.0 Å². The Kier molecular flexibility index (Phi) is 5.55. The van der Waals surface area contributed by atoms with Crippen LogP contribution in [0.3, 0.4) is 0 Å². The molecule has 12 heteroatoms. The first-order valence-corrected chi connectivity index (χ1v) is 7.50. The molecule has 1 aromatic carbocycles. The highest BCUT2D eigenvalue weighted by molar-refractivity contribution is 6.31. The fourth-order valence-corrected chi connectivity index (χ4v) is 2.60. The lowest BCUT2D eigenvalue weighted by molar-refractivity contribution is -0.142. The number of alkyl halides is 6. The highest BCUT2D eigenvalue weighted by atomic mass is 35.5. The van der Waals surface area contributed by atoms with Crippen LogP contribution in [0.4, 0.5) is 26.3 Å². The molecule has 0 aliphatic heterocycles. The topological polar surface area (TPSA) is 88.8 Å². The Morgan fingerprint density at radius 3 is 2.26 bits per heavy atom. The number of nitrogens with zero attached hydrogens (tertiary/aromatic N) is 1. The number of hydrogen-bond acceptors (Lipinski definition) is 3. The number of aromatic nitrogens is 2. The summed E-state index contributed by atoms with van der Waals surface area (Å²) in [5.74, 6) is -1.58. The number of carbonyl (C=O) groups is 1. The third-order valence-electron chi connectivity index (χ3n) is 3.39. The molecule has 0 aliphatic rings. The van der Waals surface area contributed by atoms with Gasteiger partial charge in [-0.15, -0.1) is 0 Å². The molecule has 0 fully saturated rings. The SMILES string of the molecule is NC(=O)Cc1nc(C(F)(F)F)c(Cc2ccc(C(F)(F)F)c(Cl)c2)c(=O)[nH]1. The van der Waals surface area contributed by atoms with E-state index in [1.807, 2.05) is 4.98 Å². The maximum absolute atomic E-state index is 13.2. The van der Waals surface area contributed by atoms with E-state index in [0.717, 1.165) is 12.1 Å². The molecule has 27 heavy (non-hydrogen) atoms. The standard InChI is InChI=1S/C15H10ClF6N3O2/c16-9-4-6(1-2-8(9)14(17,18)19)3-7-12(15(20,21)22)24-11(5-10(23)26)25-13(7)27/h1-2,4H,3,5H2,(H2,23,26)(H,24,25,27). The Labute approximate surface area is 152 Å². The van der Waals surface area contributed by atoms with Crippen molar-refractivity contribution in [2.45, 2.75) is 25.2 Å². The van der Waals surface area contributed by atoms with Gasteiger partial charge in [0.25, 0.3) is 5.56 Å². The monoisotopic (exact) mass is 413 g/mol. The number of H-pyrrole nitrogens is 1. The second kappa shape index (κ2) is 7.22. The highest BCUT2D eigenvalue weighted by Crippen LogP contribution is 2.36. The van der Waals surface area contributed by atoms with E-state index in [9.17, 15) is 35.9 Å². The molecule has 0 unspecified atom stereocenters. The molecule has 5 nitrogen and oxygen atoms in total. The fourth-order valence-electron chi connectivity index (χ4n) is 2.29. The molecule has 0 saturated carbocycles. The number of carbonyl (C=O) groups excluding carboxylic acids is 1. The Morgan fingerprint density at radius 1 is 1.15 bits per heavy atom. The summed E-state index contributed by atoms with van der Waals surface area (Å²) in [7, 11) is 0. The first kappa shape index (κ1) is 20.7. The molecule has 1 aromatic heterocycles. The molecule has 2 rings (SSSR count). The van der Waals surface area contributed by atoms with E-state index in [4.69, 9.17) is 17.3 Å². The zero-order valence-electron chi connectivity index (χ0n) is 13.1. The second-order valence-corrected chi connectivity index (χ2v) is 5.88. The zero-order chi connectivity index (χ0) is 20.6. The predicted molar refractivity (Wildman–Crippen MR) is 82.0 cm³/mol. The summed E-state index contributed by atoms with van der Waals surface area (Å²) in [5, 5.41) is -0.719. The van der Waals surface area contributed by atoms with E-state index in [2.05, 4.69) is 4.98 Å². The summed E-state index contributed by atoms with van der Waals surface area (Å²) in [6.07, 6.45) is -11.2. The number of amides is 1. The maximum Gasteiger partial charge on any atom is 0.433 e. The lowest BCUT2D eigenvalue weighted by atomic mass is 10.0. The van der Waals surface area contributed by atoms with Gasteiger partial charge in [-0.25, -0.2) is 4.98 Å². The van der Waals surface area contributed by atoms with Crippen LogP contribution in [0, 0.1) is 0 Å². The van der Waals surface area contributed by atoms with Crippen LogP contribution in [0.15, 0.2) is 23.0 Å². The third kappa shape index (κ3) is 5.00. The van der Waals surface area contributed by atoms with Crippen LogP contribution in [0.2, 0.25) is 5.02 Å². The van der Waals surface area contributed by atoms with E-state index in [1.54, 1.807) is 0 Å². The van der Waals surface area contributed by atoms with Crippen molar-refractivity contribution in [2.24, 2.45) is 5.73 Å². The van der Waals surface area contributed by atoms with Crippen LogP contribution in [-0.4, -0.2) is 15.9 Å². The molecule has 0 bridgehead atoms. The number of halogens is 7. The summed E-state index contributed by atoms with van der Waals surface area (Å²) >= 11 is 5.54. The first-order valence-electron chi connectivity index (χ1n) is 7.12. The molecular formula is C15H10ClF6N3O2. The minimum absolute atomic E-state index is 0.0616. The summed E-state index contributed by atoms with van der Waals surface area (Å²) < 4.78 is 77.8. The van der Waals surface area contributed by atoms with Crippen LogP contribution >= 0.6 is 11.6 Å². The van der Waals surface area contributed by atoms with Crippen LogP contribution in [0.5, 0.6) is 0 Å². The summed E-state index contributed by atoms with van der Waals surface area (Å²) in [6, 6.07) is 2.33. The Morgan fingerprint density at radius 2 is 1.78 bits per heavy atom. The van der Waals surface area contributed by atoms with E-state index < -0.39 is 64.3 Å². The van der Waals surface area contributed by atoms with Gasteiger partial charge in [0.2, 0.25) is 5.91 Å². The Hall–Kier alpha value is -2.56. The van der Waals surface area contributed by atoms with Crippen molar-refractivity contribution in [2.75, 3.05) is 0 Å². The van der Waals surface area contributed by atoms with E-state index in [-0.39, 0.29) is 5.56 Å². The van der Waals surface area contributed by atoms with Crippen molar-refractivity contribution in [1.82, 2.24) is 9.97 Å². The van der Waals surface area contributed by atoms with E-state index in [0.29, 0.717) is 6.07 Å². The van der Waals surface area contributed by atoms with Crippen LogP contribution in [0.25, 0.3) is 0 Å². The lowest BCUT2D eigenvalue weighted by Gasteiger charge is -2.14. The average Bonchev–Trinajstić information content (AvgIpc) is 2.46. The Balaban J connectivity index is 2.51. The molecule has 146 valence electrons. The van der Waals surface area contributed by atoms with Crippen molar-refractivity contribution >= 4 is 17.5 Å². The first-order chi connectivity index (χ1) is 12.3. The number of nitrogens with two attached hydrogens (primary N) is 1. The van der Waals surface area contributed by atoms with Gasteiger partial charge in [0, 0.05) is 6.42 Å². The van der Waals surface area contributed by atoms with Gasteiger partial charge in [-0.05, 0) is 17.7 Å². The second-order valence-electron chi connectivity index (χ2n) is 5.47. The van der Waals surface area contributed by atoms with Gasteiger partial charge in [-0.2, -0.15) is 26.3 Å². The zero-order valence-corrected chi connectivity index (χ0v) is 13.9. The number of hydrogen-bond donors (Lipinski definition) is 2. The quantitative estimate of drug-likeness (QED) is 0.755. The summed E-state index contributed by atoms with van der Waals surface area (Å²) in [4.78, 5) is 28.1. The molecule has 0 saturated heterocycles. The maximum atomic E-state index is 13.2. The number of nitrogens with one attached hydrogen (secondary N) is 1. The molecule has 1 amide bonds. The molecular weight excluding hydrogens is 404 g/mol. The minimum atomic E-state index is -5.04. The van der Waals surface area contributed by atoms with Crippen LogP contribution < -0.4 is 11.3 Å². The van der Waals surface area contributed by atoms with Gasteiger partial charge in [0.15, 0.2) is 5.69 Å². The predicted octanol–water partition coefficient (Wildman–Crippen LogP) is 3.08. The van der Waals surface area contributed by atoms with Crippen molar-refractivity contribution in [3.05, 3.63) is 61.8 Å². The van der Waals surface area contributed by atoms with E-state index in [1.165, 1.54) is 0 Å². The fraction of sp³-hybridized carbons (Fsp3) is 0.267. The van der Waals surface area contributed by atoms with Crippen LogP contribution in [0.1, 0.15) is 28.2 Å². The molecule has 1 heterocycles. The average molecular weight is 414 g/mol. The van der Waals surface area contributed by atoms with Gasteiger partial charge in [-0.1, -0.05) is 17.7 Å². The lowest BCUT2D eigenvalue weighted by Crippen LogP contribution is -2.27. The molecule has 0 spiro atoms. The van der Waals surface area contributed by atoms with Crippen molar-refractivity contribution < 1.29 is 31.1 Å². The van der Waals surface area contributed by atoms with Gasteiger partial charge in [-0.3, -0.25) is 9.59 Å². The minimum Gasteiger partial charge on any atom is -0.369 e. The third-order valence-corrected chi connectivity index (χ3v) is 3.71. The number of primary amides is 1. The molecule has 2 aromatic rings. The molecule has 0 atom stereocenters. The highest BCUT2D eigenvalue weighted by Gasteiger charge is 2.38. The van der Waals surface area contributed by atoms with Gasteiger partial charge in [0.05, 0.1) is 22.6 Å². The van der Waals surface area contributed by atoms with Crippen molar-refractivity contribution in [3.63, 3.8) is 0 Å². The molecule has 0 radical (unpaired) electrons. The summed E-state index contributed by atoms with van der Waals surface area (Å²) in [6.45, 7) is 0. The number of aromatic amines is 1. The van der Waals surface area contributed by atoms with Crippen molar-refractivity contribution in [1.29, 1.82) is 0 Å². The van der Waals surface area contributed by atoms with Crippen molar-refractivity contribution in [3.8, 4) is 0 Å². The summed E-state index contributed by atoms with van der Waals surface area (Å²) in [5.41, 5.74) is 0.0770. The van der Waals surface area contributed by atoms with E-state index >= 15 is 0 Å².